The molecule has 0 amide bonds. The fraction of sp³-hybridized carbons (Fsp3) is 0.435. The lowest BCUT2D eigenvalue weighted by Crippen LogP contribution is -2.42. The molecule has 3 N–H and O–H groups in total. The van der Waals surface area contributed by atoms with Crippen LogP contribution in [0.25, 0.3) is 0 Å². The summed E-state index contributed by atoms with van der Waals surface area (Å²) in [5, 5.41) is 9.01. The van der Waals surface area contributed by atoms with Crippen LogP contribution in [0.5, 0.6) is 17.2 Å². The van der Waals surface area contributed by atoms with Crippen molar-refractivity contribution in [3.05, 3.63) is 54.6 Å². The van der Waals surface area contributed by atoms with Crippen molar-refractivity contribution in [2.45, 2.75) is 25.4 Å². The second-order valence-corrected chi connectivity index (χ2v) is 9.95. The first kappa shape index (κ1) is 29.6. The third-order valence-electron chi connectivity index (χ3n) is 4.28. The Labute approximate surface area is 200 Å². The predicted molar refractivity (Wildman–Crippen MR) is 125 cm³/mol. The van der Waals surface area contributed by atoms with E-state index in [1.165, 1.54) is 0 Å². The number of carboxylic acids is 1. The predicted octanol–water partition coefficient (Wildman–Crippen LogP) is 4.14. The van der Waals surface area contributed by atoms with Crippen LogP contribution in [0, 0.1) is 0 Å². The molecule has 0 bridgehead atoms. The van der Waals surface area contributed by atoms with E-state index in [-0.39, 0.29) is 25.0 Å². The molecular formula is C23H34NO9P. The molecular weight excluding hydrogens is 465 g/mol. The van der Waals surface area contributed by atoms with Crippen molar-refractivity contribution in [3.8, 4) is 17.2 Å². The second kappa shape index (κ2) is 14.1. The number of nitrogens with zero attached hydrogens (tertiary/aromatic N) is 1. The van der Waals surface area contributed by atoms with E-state index < -0.39 is 19.9 Å². The zero-order valence-electron chi connectivity index (χ0n) is 19.7. The molecule has 0 radical (unpaired) electrons. The summed E-state index contributed by atoms with van der Waals surface area (Å²) in [5.41, 5.74) is 0. The van der Waals surface area contributed by atoms with Gasteiger partial charge >= 0.3 is 13.8 Å². The maximum Gasteiger partial charge on any atom is 0.472 e. The number of phosphoric ester groups is 1. The number of hydrogen-bond donors (Lipinski definition) is 2. The molecule has 190 valence electrons. The van der Waals surface area contributed by atoms with Gasteiger partial charge in [0, 0.05) is 6.07 Å². The highest BCUT2D eigenvalue weighted by Crippen LogP contribution is 2.45. The minimum atomic E-state index is -4.37. The van der Waals surface area contributed by atoms with Gasteiger partial charge in [-0.1, -0.05) is 24.3 Å². The Hall–Kier alpha value is -2.46. The van der Waals surface area contributed by atoms with Crippen LogP contribution in [-0.4, -0.2) is 72.9 Å². The van der Waals surface area contributed by atoms with E-state index in [0.29, 0.717) is 35.4 Å². The van der Waals surface area contributed by atoms with Crippen LogP contribution in [0.1, 0.15) is 19.3 Å². The molecule has 0 aliphatic carbocycles. The molecule has 11 heteroatoms. The van der Waals surface area contributed by atoms with Gasteiger partial charge in [-0.2, -0.15) is 0 Å². The molecule has 0 saturated heterocycles. The zero-order valence-corrected chi connectivity index (χ0v) is 20.6. The average molecular weight is 499 g/mol. The van der Waals surface area contributed by atoms with Crippen molar-refractivity contribution in [1.29, 1.82) is 0 Å². The highest BCUT2D eigenvalue weighted by molar-refractivity contribution is 7.47. The third kappa shape index (κ3) is 12.7. The van der Waals surface area contributed by atoms with E-state index in [1.54, 1.807) is 6.07 Å². The Kier molecular flexibility index (Phi) is 12.2. The van der Waals surface area contributed by atoms with E-state index >= 15 is 0 Å². The van der Waals surface area contributed by atoms with Crippen molar-refractivity contribution in [1.82, 2.24) is 0 Å². The van der Waals surface area contributed by atoms with E-state index in [1.807, 2.05) is 69.7 Å². The van der Waals surface area contributed by atoms with Crippen molar-refractivity contribution in [2.75, 3.05) is 40.9 Å². The van der Waals surface area contributed by atoms with Crippen molar-refractivity contribution in [3.63, 3.8) is 0 Å². The Balaban J connectivity index is 0.00000578. The molecule has 0 aromatic heterocycles. The fourth-order valence-corrected chi connectivity index (χ4v) is 3.92. The number of ether oxygens (including phenoxy) is 2. The average Bonchev–Trinajstić information content (AvgIpc) is 2.69. The Morgan fingerprint density at radius 1 is 0.971 bits per heavy atom. The molecule has 0 saturated carbocycles. The van der Waals surface area contributed by atoms with Gasteiger partial charge in [-0.05, 0) is 37.1 Å². The molecule has 2 unspecified atom stereocenters. The fourth-order valence-electron chi connectivity index (χ4n) is 2.99. The number of phosphoric acid groups is 1. The second-order valence-electron chi connectivity index (χ2n) is 8.55. The Morgan fingerprint density at radius 3 is 2.24 bits per heavy atom. The van der Waals surface area contributed by atoms with Crippen molar-refractivity contribution in [2.24, 2.45) is 0 Å². The number of hydrogen-bond acceptors (Lipinski definition) is 7. The summed E-state index contributed by atoms with van der Waals surface area (Å²) in [6, 6.07) is 16.7. The SMILES string of the molecule is C[N+](C)(C)CC(CC(=O)O)OP(=O)(O)OCCCCOc1cccc(Oc2ccccc2)c1.[OH-]. The molecule has 34 heavy (non-hydrogen) atoms. The summed E-state index contributed by atoms with van der Waals surface area (Å²) in [5.74, 6) is 0.931. The molecule has 0 heterocycles. The van der Waals surface area contributed by atoms with E-state index in [4.69, 9.17) is 23.6 Å². The van der Waals surface area contributed by atoms with E-state index in [0.717, 1.165) is 5.75 Å². The van der Waals surface area contributed by atoms with Crippen LogP contribution in [0.15, 0.2) is 54.6 Å². The van der Waals surface area contributed by atoms with Crippen LogP contribution in [-0.2, 0) is 18.4 Å². The molecule has 2 rings (SSSR count). The quantitative estimate of drug-likeness (QED) is 0.210. The van der Waals surface area contributed by atoms with Gasteiger partial charge in [0.1, 0.15) is 29.9 Å². The van der Waals surface area contributed by atoms with Crippen LogP contribution < -0.4 is 9.47 Å². The molecule has 0 fully saturated rings. The van der Waals surface area contributed by atoms with Gasteiger partial charge in [0.05, 0.1) is 40.8 Å². The first-order valence-electron chi connectivity index (χ1n) is 10.7. The monoisotopic (exact) mass is 499 g/mol. The lowest BCUT2D eigenvalue weighted by Gasteiger charge is -2.29. The molecule has 0 aliphatic heterocycles. The van der Waals surface area contributed by atoms with Gasteiger partial charge in [0.2, 0.25) is 0 Å². The molecule has 2 aromatic carbocycles. The lowest BCUT2D eigenvalue weighted by atomic mass is 10.2. The minimum absolute atomic E-state index is 0. The Bertz CT molecular complexity index is 918. The first-order valence-corrected chi connectivity index (χ1v) is 12.2. The highest BCUT2D eigenvalue weighted by Gasteiger charge is 2.31. The summed E-state index contributed by atoms with van der Waals surface area (Å²) >= 11 is 0. The number of rotatable bonds is 15. The summed E-state index contributed by atoms with van der Waals surface area (Å²) in [6.07, 6.45) is -0.273. The maximum atomic E-state index is 12.2. The Morgan fingerprint density at radius 2 is 1.59 bits per heavy atom. The maximum absolute atomic E-state index is 12.2. The number of aliphatic carboxylic acids is 1. The number of likely N-dealkylation sites (N-methyl/N-ethyl adjacent to an activating group) is 1. The molecule has 0 aliphatic rings. The standard InChI is InChI=1S/C23H32NO8P.H2O/c1-24(2,3)18-22(17-23(25)26)32-33(27,28)30-15-8-7-14-29-20-12-9-13-21(16-20)31-19-10-5-4-6-11-19;/h4-6,9-13,16,22H,7-8,14-15,17-18H2,1-3H3,(H-,25,26,27,28);1H2. The van der Waals surface area contributed by atoms with Gasteiger partial charge in [0.25, 0.3) is 0 Å². The molecule has 10 nitrogen and oxygen atoms in total. The van der Waals surface area contributed by atoms with E-state index in [9.17, 15) is 14.3 Å². The van der Waals surface area contributed by atoms with Gasteiger partial charge < -0.3 is 29.4 Å². The number of benzene rings is 2. The lowest BCUT2D eigenvalue weighted by molar-refractivity contribution is -0.873. The van der Waals surface area contributed by atoms with Gasteiger partial charge in [-0.25, -0.2) is 4.57 Å². The highest BCUT2D eigenvalue weighted by atomic mass is 31.2. The van der Waals surface area contributed by atoms with Crippen LogP contribution >= 0.6 is 7.82 Å². The largest absolute Gasteiger partial charge is 0.870 e. The molecule has 2 atom stereocenters. The van der Waals surface area contributed by atoms with Gasteiger partial charge in [-0.15, -0.1) is 0 Å². The number of unbranched alkanes of at least 4 members (excludes halogenated alkanes) is 1. The summed E-state index contributed by atoms with van der Waals surface area (Å²) in [6.45, 7) is 0.622. The number of carboxylic acid groups (broad SMARTS) is 1. The van der Waals surface area contributed by atoms with Crippen LogP contribution in [0.4, 0.5) is 0 Å². The normalized spacial score (nSPS) is 13.9. The number of quaternary nitrogens is 1. The van der Waals surface area contributed by atoms with Crippen LogP contribution in [0.2, 0.25) is 0 Å². The first-order chi connectivity index (χ1) is 15.5. The van der Waals surface area contributed by atoms with E-state index in [2.05, 4.69) is 0 Å². The number of para-hydroxylation sites is 1. The van der Waals surface area contributed by atoms with Gasteiger partial charge in [0.15, 0.2) is 0 Å². The smallest absolute Gasteiger partial charge is 0.472 e. The van der Waals surface area contributed by atoms with Crippen molar-refractivity contribution < 1.29 is 47.8 Å². The minimum Gasteiger partial charge on any atom is -0.870 e. The zero-order chi connectivity index (χ0) is 24.3. The number of carbonyl (C=O) groups is 1. The summed E-state index contributed by atoms with van der Waals surface area (Å²) < 4.78 is 34.2. The summed E-state index contributed by atoms with van der Waals surface area (Å²) in [7, 11) is 1.15. The van der Waals surface area contributed by atoms with Crippen LogP contribution in [0.3, 0.4) is 0 Å². The third-order valence-corrected chi connectivity index (χ3v) is 5.36. The topological polar surface area (TPSA) is 142 Å². The molecule has 0 spiro atoms. The van der Waals surface area contributed by atoms with Crippen molar-refractivity contribution >= 4 is 13.8 Å². The molecule has 2 aromatic rings. The van der Waals surface area contributed by atoms with Gasteiger partial charge in [-0.3, -0.25) is 13.8 Å². The summed E-state index contributed by atoms with van der Waals surface area (Å²) in [4.78, 5) is 21.0.